The Balaban J connectivity index is 2.11. The minimum absolute atomic E-state index is 0.522. The van der Waals surface area contributed by atoms with Crippen molar-refractivity contribution < 1.29 is 0 Å². The molecule has 0 N–H and O–H groups in total. The Morgan fingerprint density at radius 1 is 1.27 bits per heavy atom. The van der Waals surface area contributed by atoms with Crippen LogP contribution in [0.15, 0.2) is 30.7 Å². The van der Waals surface area contributed by atoms with Gasteiger partial charge in [0.05, 0.1) is 12.7 Å². The van der Waals surface area contributed by atoms with Gasteiger partial charge in [0.15, 0.2) is 0 Å². The molecule has 0 aliphatic heterocycles. The molecule has 0 unspecified atom stereocenters. The number of aryl methyl sites for hydroxylation is 1. The Kier molecular flexibility index (Phi) is 3.02. The second-order valence-corrected chi connectivity index (χ2v) is 3.78. The number of hydrogen-bond acceptors (Lipinski definition) is 2. The van der Waals surface area contributed by atoms with Crippen molar-refractivity contribution in [2.45, 2.75) is 19.9 Å². The fourth-order valence-corrected chi connectivity index (χ4v) is 1.47. The number of rotatable bonds is 3. The maximum atomic E-state index is 5.71. The van der Waals surface area contributed by atoms with E-state index in [1.54, 1.807) is 12.3 Å². The van der Waals surface area contributed by atoms with Crippen molar-refractivity contribution in [3.63, 3.8) is 0 Å². The van der Waals surface area contributed by atoms with Crippen molar-refractivity contribution in [2.24, 2.45) is 0 Å². The summed E-state index contributed by atoms with van der Waals surface area (Å²) in [6.45, 7) is 2.86. The molecule has 2 heterocycles. The Labute approximate surface area is 93.7 Å². The zero-order chi connectivity index (χ0) is 10.7. The van der Waals surface area contributed by atoms with Crippen molar-refractivity contribution in [1.82, 2.24) is 14.8 Å². The van der Waals surface area contributed by atoms with Gasteiger partial charge in [0.25, 0.3) is 0 Å². The maximum Gasteiger partial charge on any atom is 0.129 e. The molecule has 0 radical (unpaired) electrons. The first-order chi connectivity index (χ1) is 7.28. The summed E-state index contributed by atoms with van der Waals surface area (Å²) in [6, 6.07) is 3.75. The molecule has 3 nitrogen and oxygen atoms in total. The lowest BCUT2D eigenvalue weighted by Crippen LogP contribution is -2.00. The monoisotopic (exact) mass is 221 g/mol. The molecule has 0 fully saturated rings. The summed E-state index contributed by atoms with van der Waals surface area (Å²) in [5.74, 6) is 0. The van der Waals surface area contributed by atoms with Crippen molar-refractivity contribution >= 4 is 11.6 Å². The van der Waals surface area contributed by atoms with Crippen LogP contribution in [0.4, 0.5) is 0 Å². The van der Waals surface area contributed by atoms with E-state index >= 15 is 0 Å². The first-order valence-corrected chi connectivity index (χ1v) is 5.27. The third-order valence-corrected chi connectivity index (χ3v) is 2.45. The molecule has 78 valence electrons. The van der Waals surface area contributed by atoms with E-state index in [-0.39, 0.29) is 0 Å². The van der Waals surface area contributed by atoms with Crippen LogP contribution < -0.4 is 0 Å². The summed E-state index contributed by atoms with van der Waals surface area (Å²) >= 11 is 5.71. The zero-order valence-electron chi connectivity index (χ0n) is 8.52. The minimum Gasteiger partial charge on any atom is -0.268 e. The van der Waals surface area contributed by atoms with Crippen LogP contribution in [-0.4, -0.2) is 14.8 Å². The van der Waals surface area contributed by atoms with Crippen LogP contribution in [0.5, 0.6) is 0 Å². The van der Waals surface area contributed by atoms with E-state index in [1.807, 2.05) is 16.9 Å². The summed E-state index contributed by atoms with van der Waals surface area (Å²) < 4.78 is 1.91. The predicted octanol–water partition coefficient (Wildman–Crippen LogP) is 2.54. The van der Waals surface area contributed by atoms with E-state index in [0.717, 1.165) is 18.5 Å². The fraction of sp³-hybridized carbons (Fsp3) is 0.273. The molecule has 2 aromatic heterocycles. The van der Waals surface area contributed by atoms with Crippen LogP contribution >= 0.6 is 11.6 Å². The molecule has 2 rings (SSSR count). The summed E-state index contributed by atoms with van der Waals surface area (Å²) in [5.41, 5.74) is 2.35. The third kappa shape index (κ3) is 2.57. The highest BCUT2D eigenvalue weighted by molar-refractivity contribution is 6.29. The number of nitrogens with zero attached hydrogens (tertiary/aromatic N) is 3. The van der Waals surface area contributed by atoms with E-state index in [1.165, 1.54) is 5.56 Å². The molecule has 0 aliphatic rings. The van der Waals surface area contributed by atoms with Gasteiger partial charge in [0.1, 0.15) is 5.15 Å². The van der Waals surface area contributed by atoms with Crippen LogP contribution in [0.3, 0.4) is 0 Å². The molecule has 0 aliphatic carbocycles. The Bertz CT molecular complexity index is 433. The number of hydrogen-bond donors (Lipinski definition) is 0. The lowest BCUT2D eigenvalue weighted by molar-refractivity contribution is 0.684. The normalized spacial score (nSPS) is 10.5. The quantitative estimate of drug-likeness (QED) is 0.746. The number of halogens is 1. The predicted molar refractivity (Wildman–Crippen MR) is 60.0 cm³/mol. The van der Waals surface area contributed by atoms with Gasteiger partial charge in [0.2, 0.25) is 0 Å². The molecule has 0 spiro atoms. The summed E-state index contributed by atoms with van der Waals surface area (Å²) in [4.78, 5) is 4.03. The molecule has 0 saturated carbocycles. The van der Waals surface area contributed by atoms with Crippen LogP contribution in [0.25, 0.3) is 0 Å². The van der Waals surface area contributed by atoms with Crippen molar-refractivity contribution in [2.75, 3.05) is 0 Å². The SMILES string of the molecule is CCc1cnn(Cc2ccc(Cl)nc2)c1. The summed E-state index contributed by atoms with van der Waals surface area (Å²) in [5, 5.41) is 4.78. The maximum absolute atomic E-state index is 5.71. The van der Waals surface area contributed by atoms with Gasteiger partial charge in [-0.15, -0.1) is 0 Å². The van der Waals surface area contributed by atoms with E-state index < -0.39 is 0 Å². The van der Waals surface area contributed by atoms with Gasteiger partial charge in [-0.1, -0.05) is 24.6 Å². The third-order valence-electron chi connectivity index (χ3n) is 2.23. The van der Waals surface area contributed by atoms with E-state index in [9.17, 15) is 0 Å². The van der Waals surface area contributed by atoms with Crippen molar-refractivity contribution in [1.29, 1.82) is 0 Å². The molecule has 15 heavy (non-hydrogen) atoms. The van der Waals surface area contributed by atoms with E-state index in [2.05, 4.69) is 23.2 Å². The Hall–Kier alpha value is -1.35. The zero-order valence-corrected chi connectivity index (χ0v) is 9.28. The largest absolute Gasteiger partial charge is 0.268 e. The van der Waals surface area contributed by atoms with Gasteiger partial charge in [-0.25, -0.2) is 4.98 Å². The van der Waals surface area contributed by atoms with Gasteiger partial charge in [0, 0.05) is 12.4 Å². The minimum atomic E-state index is 0.522. The van der Waals surface area contributed by atoms with Gasteiger partial charge >= 0.3 is 0 Å². The lowest BCUT2D eigenvalue weighted by Gasteiger charge is -2.00. The van der Waals surface area contributed by atoms with Crippen LogP contribution in [0.2, 0.25) is 5.15 Å². The van der Waals surface area contributed by atoms with Crippen molar-refractivity contribution in [3.8, 4) is 0 Å². The average Bonchev–Trinajstić information content (AvgIpc) is 2.69. The molecule has 0 saturated heterocycles. The molecule has 2 aromatic rings. The van der Waals surface area contributed by atoms with E-state index in [0.29, 0.717) is 5.15 Å². The van der Waals surface area contributed by atoms with E-state index in [4.69, 9.17) is 11.6 Å². The highest BCUT2D eigenvalue weighted by Crippen LogP contribution is 2.07. The lowest BCUT2D eigenvalue weighted by atomic mass is 10.3. The molecule has 0 amide bonds. The topological polar surface area (TPSA) is 30.7 Å². The number of aromatic nitrogens is 3. The summed E-state index contributed by atoms with van der Waals surface area (Å²) in [7, 11) is 0. The molecule has 0 bridgehead atoms. The fourth-order valence-electron chi connectivity index (χ4n) is 1.36. The standard InChI is InChI=1S/C11H12ClN3/c1-2-9-6-14-15(7-9)8-10-3-4-11(12)13-5-10/h3-7H,2,8H2,1H3. The number of pyridine rings is 1. The first kappa shape index (κ1) is 10.2. The Morgan fingerprint density at radius 3 is 2.73 bits per heavy atom. The van der Waals surface area contributed by atoms with Crippen LogP contribution in [0, 0.1) is 0 Å². The highest BCUT2D eigenvalue weighted by Gasteiger charge is 1.98. The molecular weight excluding hydrogens is 210 g/mol. The average molecular weight is 222 g/mol. The molecule has 0 aromatic carbocycles. The van der Waals surface area contributed by atoms with Gasteiger partial charge in [-0.05, 0) is 23.6 Å². The van der Waals surface area contributed by atoms with Crippen molar-refractivity contribution in [3.05, 3.63) is 47.0 Å². The van der Waals surface area contributed by atoms with Gasteiger partial charge in [-0.3, -0.25) is 4.68 Å². The Morgan fingerprint density at radius 2 is 2.13 bits per heavy atom. The molecule has 4 heteroatoms. The second-order valence-electron chi connectivity index (χ2n) is 3.39. The van der Waals surface area contributed by atoms with Crippen LogP contribution in [-0.2, 0) is 13.0 Å². The van der Waals surface area contributed by atoms with Crippen LogP contribution in [0.1, 0.15) is 18.1 Å². The smallest absolute Gasteiger partial charge is 0.129 e. The van der Waals surface area contributed by atoms with Gasteiger partial charge < -0.3 is 0 Å². The molecular formula is C11H12ClN3. The summed E-state index contributed by atoms with van der Waals surface area (Å²) in [6.07, 6.45) is 6.73. The highest BCUT2D eigenvalue weighted by atomic mass is 35.5. The molecule has 0 atom stereocenters. The first-order valence-electron chi connectivity index (χ1n) is 4.89. The van der Waals surface area contributed by atoms with Gasteiger partial charge in [-0.2, -0.15) is 5.10 Å². The second kappa shape index (κ2) is 4.45.